The fraction of sp³-hybridized carbons (Fsp3) is 0.182. The Hall–Kier alpha value is -2.95. The Morgan fingerprint density at radius 3 is 2.81 bits per heavy atom. The number of thioether (sulfide) groups is 1. The van der Waals surface area contributed by atoms with Gasteiger partial charge in [0.15, 0.2) is 0 Å². The molecule has 0 aliphatic carbocycles. The number of rotatable bonds is 8. The molecule has 4 rings (SSSR count). The molecule has 7 nitrogen and oxygen atoms in total. The molecule has 0 atom stereocenters. The van der Waals surface area contributed by atoms with Crippen LogP contribution in [0.2, 0.25) is 0 Å². The molecule has 0 radical (unpaired) electrons. The van der Waals surface area contributed by atoms with Crippen molar-refractivity contribution in [3.63, 3.8) is 0 Å². The van der Waals surface area contributed by atoms with Gasteiger partial charge in [-0.15, -0.1) is 32.9 Å². The van der Waals surface area contributed by atoms with Gasteiger partial charge in [0, 0.05) is 21.4 Å². The summed E-state index contributed by atoms with van der Waals surface area (Å²) in [7, 11) is 0. The van der Waals surface area contributed by atoms with Gasteiger partial charge in [0.25, 0.3) is 5.22 Å². The summed E-state index contributed by atoms with van der Waals surface area (Å²) in [6.07, 6.45) is 0. The highest BCUT2D eigenvalue weighted by molar-refractivity contribution is 7.99. The van der Waals surface area contributed by atoms with Crippen LogP contribution in [0, 0.1) is 6.92 Å². The van der Waals surface area contributed by atoms with Gasteiger partial charge in [0.1, 0.15) is 10.6 Å². The Balaban J connectivity index is 1.44. The first-order chi connectivity index (χ1) is 15.5. The summed E-state index contributed by atoms with van der Waals surface area (Å²) in [5, 5.41) is 15.4. The summed E-state index contributed by atoms with van der Waals surface area (Å²) in [5.74, 6) is -0.278. The number of hydrogen-bond acceptors (Lipinski definition) is 9. The van der Waals surface area contributed by atoms with Gasteiger partial charge in [-0.1, -0.05) is 35.5 Å². The third-order valence-corrected chi connectivity index (χ3v) is 6.93. The average molecular weight is 486 g/mol. The van der Waals surface area contributed by atoms with E-state index in [1.807, 2.05) is 54.1 Å². The number of carbonyl (C=O) groups excluding carboxylic acids is 2. The number of benzene rings is 1. The minimum Gasteiger partial charge on any atom is -0.462 e. The number of aryl methyl sites for hydroxylation is 1. The Bertz CT molecular complexity index is 1230. The number of nitrogens with one attached hydrogen (secondary N) is 1. The van der Waals surface area contributed by atoms with E-state index in [0.717, 1.165) is 33.3 Å². The van der Waals surface area contributed by atoms with Crippen molar-refractivity contribution < 1.29 is 18.7 Å². The topological polar surface area (TPSA) is 94.3 Å². The molecule has 0 fully saturated rings. The van der Waals surface area contributed by atoms with Crippen molar-refractivity contribution in [1.82, 2.24) is 10.2 Å². The van der Waals surface area contributed by atoms with Crippen LogP contribution < -0.4 is 5.32 Å². The number of anilines is 1. The molecule has 0 saturated heterocycles. The van der Waals surface area contributed by atoms with Crippen molar-refractivity contribution in [2.75, 3.05) is 17.7 Å². The molecule has 0 bridgehead atoms. The molecule has 164 valence electrons. The molecule has 10 heteroatoms. The highest BCUT2D eigenvalue weighted by atomic mass is 32.2. The van der Waals surface area contributed by atoms with E-state index in [-0.39, 0.29) is 18.3 Å². The normalized spacial score (nSPS) is 10.8. The number of carbonyl (C=O) groups is 2. The predicted octanol–water partition coefficient (Wildman–Crippen LogP) is 5.74. The van der Waals surface area contributed by atoms with Crippen molar-refractivity contribution in [2.45, 2.75) is 19.1 Å². The van der Waals surface area contributed by atoms with Crippen molar-refractivity contribution in [3.8, 4) is 21.9 Å². The van der Waals surface area contributed by atoms with Crippen LogP contribution >= 0.6 is 34.4 Å². The van der Waals surface area contributed by atoms with E-state index in [9.17, 15) is 9.59 Å². The highest BCUT2D eigenvalue weighted by Gasteiger charge is 2.23. The molecule has 0 unspecified atom stereocenters. The molecule has 1 N–H and O–H groups in total. The van der Waals surface area contributed by atoms with Gasteiger partial charge < -0.3 is 14.5 Å². The van der Waals surface area contributed by atoms with Gasteiger partial charge in [-0.05, 0) is 37.4 Å². The van der Waals surface area contributed by atoms with Crippen LogP contribution in [0.4, 0.5) is 5.00 Å². The van der Waals surface area contributed by atoms with E-state index in [4.69, 9.17) is 9.15 Å². The first-order valence-electron chi connectivity index (χ1n) is 9.71. The summed E-state index contributed by atoms with van der Waals surface area (Å²) in [6, 6.07) is 11.6. The van der Waals surface area contributed by atoms with Crippen molar-refractivity contribution >= 4 is 51.3 Å². The summed E-state index contributed by atoms with van der Waals surface area (Å²) < 4.78 is 10.9. The lowest BCUT2D eigenvalue weighted by atomic mass is 10.1. The van der Waals surface area contributed by atoms with E-state index in [2.05, 4.69) is 15.5 Å². The van der Waals surface area contributed by atoms with Crippen LogP contribution in [0.3, 0.4) is 0 Å². The van der Waals surface area contributed by atoms with Gasteiger partial charge in [0.05, 0.1) is 12.4 Å². The minimum absolute atomic E-state index is 0.0595. The molecule has 4 aromatic rings. The second-order valence-electron chi connectivity index (χ2n) is 6.63. The zero-order valence-electron chi connectivity index (χ0n) is 17.3. The zero-order chi connectivity index (χ0) is 22.5. The number of thiophene rings is 2. The summed E-state index contributed by atoms with van der Waals surface area (Å²) in [5.41, 5.74) is 3.04. The smallest absolute Gasteiger partial charge is 0.341 e. The summed E-state index contributed by atoms with van der Waals surface area (Å²) in [4.78, 5) is 26.1. The summed E-state index contributed by atoms with van der Waals surface area (Å²) in [6.45, 7) is 3.99. The fourth-order valence-corrected chi connectivity index (χ4v) is 5.27. The number of amides is 1. The molecular weight excluding hydrogens is 466 g/mol. The van der Waals surface area contributed by atoms with Crippen molar-refractivity contribution in [1.29, 1.82) is 0 Å². The van der Waals surface area contributed by atoms with Crippen LogP contribution in [0.1, 0.15) is 22.8 Å². The maximum Gasteiger partial charge on any atom is 0.341 e. The molecule has 32 heavy (non-hydrogen) atoms. The molecule has 1 amide bonds. The third kappa shape index (κ3) is 5.09. The first-order valence-corrected chi connectivity index (χ1v) is 12.4. The van der Waals surface area contributed by atoms with Crippen LogP contribution in [-0.4, -0.2) is 34.4 Å². The largest absolute Gasteiger partial charge is 0.462 e. The van der Waals surface area contributed by atoms with Crippen molar-refractivity contribution in [2.24, 2.45) is 0 Å². The van der Waals surface area contributed by atoms with Crippen LogP contribution in [0.5, 0.6) is 0 Å². The summed E-state index contributed by atoms with van der Waals surface area (Å²) >= 11 is 3.95. The van der Waals surface area contributed by atoms with Crippen LogP contribution in [0.15, 0.2) is 56.8 Å². The standard InChI is InChI=1S/C22H19N3O4S3/c1-3-28-21(27)18-15(16-8-5-9-30-16)11-31-20(18)23-17(26)12-32-22-25-24-19(29-22)14-7-4-6-13(2)10-14/h4-11H,3,12H2,1-2H3,(H,23,26). The number of aromatic nitrogens is 2. The van der Waals surface area contributed by atoms with E-state index in [1.165, 1.54) is 22.7 Å². The Kier molecular flexibility index (Phi) is 7.03. The average Bonchev–Trinajstić information content (AvgIpc) is 3.53. The number of esters is 1. The van der Waals surface area contributed by atoms with E-state index >= 15 is 0 Å². The van der Waals surface area contributed by atoms with Crippen molar-refractivity contribution in [3.05, 3.63) is 58.3 Å². The van der Waals surface area contributed by atoms with Crippen LogP contribution in [-0.2, 0) is 9.53 Å². The lowest BCUT2D eigenvalue weighted by Gasteiger charge is -2.07. The number of hydrogen-bond donors (Lipinski definition) is 1. The van der Waals surface area contributed by atoms with Crippen LogP contribution in [0.25, 0.3) is 21.9 Å². The number of ether oxygens (including phenoxy) is 1. The molecule has 3 heterocycles. The third-order valence-electron chi connectivity index (χ3n) is 4.31. The minimum atomic E-state index is -0.459. The molecule has 0 spiro atoms. The Labute approximate surface area is 196 Å². The number of nitrogens with zero attached hydrogens (tertiary/aromatic N) is 2. The monoisotopic (exact) mass is 485 g/mol. The lowest BCUT2D eigenvalue weighted by molar-refractivity contribution is -0.113. The zero-order valence-corrected chi connectivity index (χ0v) is 19.7. The highest BCUT2D eigenvalue weighted by Crippen LogP contribution is 2.38. The Morgan fingerprint density at radius 1 is 1.19 bits per heavy atom. The fourth-order valence-electron chi connectivity index (χ4n) is 2.92. The van der Waals surface area contributed by atoms with Gasteiger partial charge in [-0.25, -0.2) is 4.79 Å². The van der Waals surface area contributed by atoms with Gasteiger partial charge >= 0.3 is 5.97 Å². The van der Waals surface area contributed by atoms with E-state index < -0.39 is 5.97 Å². The first kappa shape index (κ1) is 22.3. The second kappa shape index (κ2) is 10.1. The molecular formula is C22H19N3O4S3. The molecule has 3 aromatic heterocycles. The Morgan fingerprint density at radius 2 is 2.06 bits per heavy atom. The van der Waals surface area contributed by atoms with Gasteiger partial charge in [-0.2, -0.15) is 0 Å². The van der Waals surface area contributed by atoms with E-state index in [1.54, 1.807) is 6.92 Å². The van der Waals surface area contributed by atoms with E-state index in [0.29, 0.717) is 21.7 Å². The molecule has 1 aromatic carbocycles. The quantitative estimate of drug-likeness (QED) is 0.251. The molecule has 0 aliphatic heterocycles. The lowest BCUT2D eigenvalue weighted by Crippen LogP contribution is -2.16. The second-order valence-corrected chi connectivity index (χ2v) is 9.38. The molecule has 0 aliphatic rings. The molecule has 0 saturated carbocycles. The predicted molar refractivity (Wildman–Crippen MR) is 127 cm³/mol. The maximum absolute atomic E-state index is 12.6. The maximum atomic E-state index is 12.6. The van der Waals surface area contributed by atoms with Gasteiger partial charge in [-0.3, -0.25) is 4.79 Å². The van der Waals surface area contributed by atoms with Gasteiger partial charge in [0.2, 0.25) is 11.8 Å². The SMILES string of the molecule is CCOC(=O)c1c(-c2cccs2)csc1NC(=O)CSc1nnc(-c2cccc(C)c2)o1.